The Morgan fingerprint density at radius 1 is 1.16 bits per heavy atom. The number of rotatable bonds is 10. The Hall–Kier alpha value is -0.790. The molecule has 0 fully saturated rings. The first-order valence-electron chi connectivity index (χ1n) is 8.21. The van der Waals surface area contributed by atoms with Crippen molar-refractivity contribution in [2.75, 3.05) is 6.54 Å². The van der Waals surface area contributed by atoms with Crippen molar-refractivity contribution in [1.29, 1.82) is 0 Å². The quantitative estimate of drug-likeness (QED) is 0.485. The molecule has 110 valence electrons. The largest absolute Gasteiger partial charge is 0.273 e. The molecule has 0 aromatic rings. The molecule has 0 unspecified atom stereocenters. The molecule has 1 heterocycles. The van der Waals surface area contributed by atoms with Gasteiger partial charge in [0.15, 0.2) is 0 Å². The summed E-state index contributed by atoms with van der Waals surface area (Å²) in [5.74, 6) is 0.757. The van der Waals surface area contributed by atoms with E-state index in [1.54, 1.807) is 5.57 Å². The molecule has 0 aromatic heterocycles. The molecule has 0 saturated carbocycles. The van der Waals surface area contributed by atoms with Crippen LogP contribution in [-0.4, -0.2) is 17.8 Å². The first-order valence-corrected chi connectivity index (χ1v) is 8.21. The highest BCUT2D eigenvalue weighted by Crippen LogP contribution is 2.18. The highest BCUT2D eigenvalue weighted by Gasteiger charge is 2.07. The maximum absolute atomic E-state index is 4.45. The Balaban J connectivity index is 2.15. The number of unbranched alkanes of at least 4 members (excludes halogenated alkanes) is 5. The molecule has 2 heteroatoms. The summed E-state index contributed by atoms with van der Waals surface area (Å²) in [7, 11) is 0. The smallest absolute Gasteiger partial charge is 0.0411 e. The minimum atomic E-state index is 0.757. The Labute approximate surface area is 120 Å². The van der Waals surface area contributed by atoms with E-state index in [1.165, 1.54) is 51.4 Å². The fourth-order valence-corrected chi connectivity index (χ4v) is 2.37. The van der Waals surface area contributed by atoms with Gasteiger partial charge in [0.2, 0.25) is 0 Å². The molecule has 0 N–H and O–H groups in total. The first-order chi connectivity index (χ1) is 9.22. The van der Waals surface area contributed by atoms with Crippen LogP contribution in [0.3, 0.4) is 0 Å². The molecule has 0 bridgehead atoms. The second-order valence-corrected chi connectivity index (χ2v) is 6.15. The number of hydrazone groups is 1. The predicted molar refractivity (Wildman–Crippen MR) is 85.3 cm³/mol. The van der Waals surface area contributed by atoms with E-state index < -0.39 is 0 Å². The van der Waals surface area contributed by atoms with Gasteiger partial charge < -0.3 is 0 Å². The van der Waals surface area contributed by atoms with Gasteiger partial charge in [-0.2, -0.15) is 5.10 Å². The van der Waals surface area contributed by atoms with Gasteiger partial charge in [-0.3, -0.25) is 5.01 Å². The van der Waals surface area contributed by atoms with Crippen molar-refractivity contribution in [2.45, 2.75) is 78.6 Å². The lowest BCUT2D eigenvalue weighted by Crippen LogP contribution is -2.17. The Morgan fingerprint density at radius 3 is 2.63 bits per heavy atom. The second-order valence-electron chi connectivity index (χ2n) is 6.15. The van der Waals surface area contributed by atoms with Crippen molar-refractivity contribution < 1.29 is 0 Å². The van der Waals surface area contributed by atoms with Gasteiger partial charge in [0.25, 0.3) is 0 Å². The standard InChI is InChI=1S/C17H32N2/c1-4-5-6-7-8-9-10-17-11-13-18-19(15-17)14-12-16(2)3/h13,15-16H,4-12,14H2,1-3H3. The Kier molecular flexibility index (Phi) is 8.61. The van der Waals surface area contributed by atoms with Crippen molar-refractivity contribution in [3.8, 4) is 0 Å². The number of allylic oxidation sites excluding steroid dienone is 1. The predicted octanol–water partition coefficient (Wildman–Crippen LogP) is 5.36. The maximum Gasteiger partial charge on any atom is 0.0411 e. The molecule has 0 saturated heterocycles. The van der Waals surface area contributed by atoms with Crippen LogP contribution in [0.25, 0.3) is 0 Å². The second kappa shape index (κ2) is 10.1. The summed E-state index contributed by atoms with van der Waals surface area (Å²) in [4.78, 5) is 0. The highest BCUT2D eigenvalue weighted by molar-refractivity contribution is 5.62. The highest BCUT2D eigenvalue weighted by atomic mass is 15.4. The summed E-state index contributed by atoms with van der Waals surface area (Å²) in [5, 5.41) is 6.59. The van der Waals surface area contributed by atoms with Gasteiger partial charge in [0.05, 0.1) is 0 Å². The fraction of sp³-hybridized carbons (Fsp3) is 0.824. The summed E-state index contributed by atoms with van der Waals surface area (Å²) in [6.07, 6.45) is 16.2. The summed E-state index contributed by atoms with van der Waals surface area (Å²) in [6.45, 7) is 7.88. The third-order valence-electron chi connectivity index (χ3n) is 3.70. The molecule has 0 atom stereocenters. The van der Waals surface area contributed by atoms with Crippen molar-refractivity contribution in [2.24, 2.45) is 11.0 Å². The van der Waals surface area contributed by atoms with Crippen LogP contribution < -0.4 is 0 Å². The van der Waals surface area contributed by atoms with Crippen LogP contribution >= 0.6 is 0 Å². The van der Waals surface area contributed by atoms with Crippen molar-refractivity contribution >= 4 is 6.21 Å². The van der Waals surface area contributed by atoms with Gasteiger partial charge in [-0.25, -0.2) is 0 Å². The van der Waals surface area contributed by atoms with Crippen LogP contribution in [0.1, 0.15) is 78.6 Å². The normalized spacial score (nSPS) is 15.2. The number of hydrogen-bond acceptors (Lipinski definition) is 2. The molecule has 1 rings (SSSR count). The van der Waals surface area contributed by atoms with E-state index in [1.807, 2.05) is 0 Å². The van der Waals surface area contributed by atoms with E-state index in [9.17, 15) is 0 Å². The van der Waals surface area contributed by atoms with Gasteiger partial charge in [0, 0.05) is 25.4 Å². The summed E-state index contributed by atoms with van der Waals surface area (Å²) >= 11 is 0. The Bertz CT molecular complexity index is 279. The molecular weight excluding hydrogens is 232 g/mol. The molecule has 1 aliphatic heterocycles. The Morgan fingerprint density at radius 2 is 1.89 bits per heavy atom. The molecule has 2 nitrogen and oxygen atoms in total. The maximum atomic E-state index is 4.45. The third kappa shape index (κ3) is 8.07. The molecule has 1 aliphatic rings. The van der Waals surface area contributed by atoms with Crippen LogP contribution in [0, 0.1) is 5.92 Å². The number of hydrogen-bond donors (Lipinski definition) is 0. The zero-order chi connectivity index (χ0) is 13.9. The molecule has 0 spiro atoms. The van der Waals surface area contributed by atoms with Gasteiger partial charge >= 0.3 is 0 Å². The van der Waals surface area contributed by atoms with Crippen molar-refractivity contribution in [3.63, 3.8) is 0 Å². The summed E-state index contributed by atoms with van der Waals surface area (Å²) in [6, 6.07) is 0. The summed E-state index contributed by atoms with van der Waals surface area (Å²) < 4.78 is 0. The van der Waals surface area contributed by atoms with E-state index in [0.717, 1.165) is 18.9 Å². The zero-order valence-corrected chi connectivity index (χ0v) is 13.2. The lowest BCUT2D eigenvalue weighted by molar-refractivity contribution is 0.355. The van der Waals surface area contributed by atoms with Gasteiger partial charge in [-0.05, 0) is 30.8 Å². The van der Waals surface area contributed by atoms with Crippen LogP contribution in [0.15, 0.2) is 16.9 Å². The van der Waals surface area contributed by atoms with Crippen LogP contribution in [0.5, 0.6) is 0 Å². The number of nitrogens with zero attached hydrogens (tertiary/aromatic N) is 2. The lowest BCUT2D eigenvalue weighted by atomic mass is 10.0. The average molecular weight is 264 g/mol. The van der Waals surface area contributed by atoms with E-state index in [4.69, 9.17) is 0 Å². The van der Waals surface area contributed by atoms with Crippen molar-refractivity contribution in [1.82, 2.24) is 5.01 Å². The average Bonchev–Trinajstić information content (AvgIpc) is 2.41. The zero-order valence-electron chi connectivity index (χ0n) is 13.2. The monoisotopic (exact) mass is 264 g/mol. The molecular formula is C17H32N2. The van der Waals surface area contributed by atoms with E-state index in [-0.39, 0.29) is 0 Å². The van der Waals surface area contributed by atoms with Crippen LogP contribution in [0.2, 0.25) is 0 Å². The van der Waals surface area contributed by atoms with Gasteiger partial charge in [-0.1, -0.05) is 52.9 Å². The van der Waals surface area contributed by atoms with E-state index >= 15 is 0 Å². The SMILES string of the molecule is CCCCCCCCC1=CN(CCC(C)C)N=CC1. The van der Waals surface area contributed by atoms with Crippen molar-refractivity contribution in [3.05, 3.63) is 11.8 Å². The van der Waals surface area contributed by atoms with Gasteiger partial charge in [0.1, 0.15) is 0 Å². The fourth-order valence-electron chi connectivity index (χ4n) is 2.37. The molecule has 0 radical (unpaired) electrons. The molecule has 0 amide bonds. The molecule has 19 heavy (non-hydrogen) atoms. The topological polar surface area (TPSA) is 15.6 Å². The first kappa shape index (κ1) is 16.3. The van der Waals surface area contributed by atoms with Crippen LogP contribution in [-0.2, 0) is 0 Å². The molecule has 0 aliphatic carbocycles. The third-order valence-corrected chi connectivity index (χ3v) is 3.70. The molecule has 0 aromatic carbocycles. The minimum absolute atomic E-state index is 0.757. The lowest BCUT2D eigenvalue weighted by Gasteiger charge is -2.21. The summed E-state index contributed by atoms with van der Waals surface area (Å²) in [5.41, 5.74) is 1.56. The van der Waals surface area contributed by atoms with Crippen LogP contribution in [0.4, 0.5) is 0 Å². The van der Waals surface area contributed by atoms with E-state index in [2.05, 4.69) is 43.3 Å². The minimum Gasteiger partial charge on any atom is -0.273 e. The van der Waals surface area contributed by atoms with Gasteiger partial charge in [-0.15, -0.1) is 0 Å². The van der Waals surface area contributed by atoms with E-state index in [0.29, 0.717) is 0 Å².